The molecule has 1 heterocycles. The van der Waals surface area contributed by atoms with Gasteiger partial charge < -0.3 is 10.1 Å². The van der Waals surface area contributed by atoms with Crippen molar-refractivity contribution in [1.82, 2.24) is 16.2 Å². The highest BCUT2D eigenvalue weighted by Crippen LogP contribution is 2.26. The Morgan fingerprint density at radius 3 is 3.10 bits per heavy atom. The van der Waals surface area contributed by atoms with Gasteiger partial charge in [-0.2, -0.15) is 0 Å². The van der Waals surface area contributed by atoms with E-state index in [1.807, 2.05) is 0 Å². The van der Waals surface area contributed by atoms with E-state index in [1.165, 1.54) is 12.1 Å². The van der Waals surface area contributed by atoms with Gasteiger partial charge in [0, 0.05) is 18.6 Å². The number of nitrogens with one attached hydrogen (secondary N) is 3. The molecule has 1 saturated heterocycles. The number of halogens is 1. The van der Waals surface area contributed by atoms with Crippen molar-refractivity contribution in [2.24, 2.45) is 5.92 Å². The highest BCUT2D eigenvalue weighted by molar-refractivity contribution is 5.77. The van der Waals surface area contributed by atoms with Crippen LogP contribution in [-0.4, -0.2) is 31.1 Å². The summed E-state index contributed by atoms with van der Waals surface area (Å²) in [4.78, 5) is 11.9. The van der Waals surface area contributed by atoms with Crippen LogP contribution in [0.25, 0.3) is 0 Å². The molecule has 3 atom stereocenters. The van der Waals surface area contributed by atoms with Gasteiger partial charge in [-0.1, -0.05) is 12.1 Å². The smallest absolute Gasteiger partial charge is 0.258 e. The number of hydrogen-bond acceptors (Lipinski definition) is 4. The van der Waals surface area contributed by atoms with Gasteiger partial charge in [-0.3, -0.25) is 15.6 Å². The summed E-state index contributed by atoms with van der Waals surface area (Å²) in [7, 11) is 0. The topological polar surface area (TPSA) is 62.4 Å². The summed E-state index contributed by atoms with van der Waals surface area (Å²) in [6, 6.07) is 6.80. The van der Waals surface area contributed by atoms with Gasteiger partial charge in [0.1, 0.15) is 0 Å². The lowest BCUT2D eigenvalue weighted by atomic mass is 9.83. The van der Waals surface area contributed by atoms with Gasteiger partial charge in [-0.05, 0) is 37.3 Å². The second-order valence-corrected chi connectivity index (χ2v) is 5.69. The number of hydrogen-bond donors (Lipinski definition) is 3. The lowest BCUT2D eigenvalue weighted by Crippen LogP contribution is -2.45. The van der Waals surface area contributed by atoms with Crippen molar-refractivity contribution in [3.63, 3.8) is 0 Å². The summed E-state index contributed by atoms with van der Waals surface area (Å²) in [5.74, 6) is 0.0339. The van der Waals surface area contributed by atoms with Gasteiger partial charge in [0.05, 0.1) is 0 Å². The normalized spacial score (nSPS) is 28.0. The standard InChI is InChI=1S/C15H20FN3O2/c16-12-3-1-2-4-14(12)21-9-15(20)18-11-5-6-13-10(7-11)8-17-19-13/h1-4,10-11,13,17,19H,5-9H2,(H,18,20). The summed E-state index contributed by atoms with van der Waals surface area (Å²) in [6.45, 7) is 0.796. The first-order chi connectivity index (χ1) is 10.2. The third-order valence-electron chi connectivity index (χ3n) is 4.19. The number of para-hydroxylation sites is 1. The Balaban J connectivity index is 1.45. The Hall–Kier alpha value is -1.66. The van der Waals surface area contributed by atoms with Crippen molar-refractivity contribution in [2.45, 2.75) is 31.3 Å². The Labute approximate surface area is 123 Å². The molecule has 21 heavy (non-hydrogen) atoms. The van der Waals surface area contributed by atoms with Crippen molar-refractivity contribution in [2.75, 3.05) is 13.2 Å². The number of benzene rings is 1. The molecule has 1 aliphatic heterocycles. The van der Waals surface area contributed by atoms with Crippen LogP contribution in [0.4, 0.5) is 4.39 Å². The van der Waals surface area contributed by atoms with Gasteiger partial charge in [0.2, 0.25) is 0 Å². The van der Waals surface area contributed by atoms with Crippen LogP contribution >= 0.6 is 0 Å². The summed E-state index contributed by atoms with van der Waals surface area (Å²) in [6.07, 6.45) is 2.98. The first-order valence-electron chi connectivity index (χ1n) is 7.37. The Morgan fingerprint density at radius 2 is 2.24 bits per heavy atom. The van der Waals surface area contributed by atoms with Crippen LogP contribution in [0, 0.1) is 11.7 Å². The molecule has 0 spiro atoms. The molecule has 5 nitrogen and oxygen atoms in total. The fourth-order valence-electron chi connectivity index (χ4n) is 3.11. The molecule has 0 bridgehead atoms. The van der Waals surface area contributed by atoms with Gasteiger partial charge in [0.25, 0.3) is 5.91 Å². The molecular weight excluding hydrogens is 273 g/mol. The van der Waals surface area contributed by atoms with E-state index in [2.05, 4.69) is 16.2 Å². The first kappa shape index (κ1) is 14.3. The van der Waals surface area contributed by atoms with Crippen molar-refractivity contribution < 1.29 is 13.9 Å². The number of amides is 1. The van der Waals surface area contributed by atoms with Crippen LogP contribution in [0.5, 0.6) is 5.75 Å². The van der Waals surface area contributed by atoms with E-state index < -0.39 is 5.82 Å². The lowest BCUT2D eigenvalue weighted by Gasteiger charge is -2.31. The molecule has 1 aliphatic carbocycles. The van der Waals surface area contributed by atoms with Crippen LogP contribution in [-0.2, 0) is 4.79 Å². The lowest BCUT2D eigenvalue weighted by molar-refractivity contribution is -0.124. The molecule has 114 valence electrons. The molecule has 2 fully saturated rings. The zero-order valence-electron chi connectivity index (χ0n) is 11.8. The van der Waals surface area contributed by atoms with Crippen LogP contribution in [0.3, 0.4) is 0 Å². The largest absolute Gasteiger partial charge is 0.481 e. The van der Waals surface area contributed by atoms with E-state index in [0.717, 1.165) is 25.8 Å². The average molecular weight is 293 g/mol. The minimum Gasteiger partial charge on any atom is -0.481 e. The fourth-order valence-corrected chi connectivity index (χ4v) is 3.11. The summed E-state index contributed by atoms with van der Waals surface area (Å²) < 4.78 is 18.6. The third kappa shape index (κ3) is 3.51. The van der Waals surface area contributed by atoms with Crippen LogP contribution in [0.2, 0.25) is 0 Å². The molecule has 3 unspecified atom stereocenters. The van der Waals surface area contributed by atoms with Crippen molar-refractivity contribution in [3.8, 4) is 5.75 Å². The number of carbonyl (C=O) groups is 1. The number of fused-ring (bicyclic) bond motifs is 1. The number of ether oxygens (including phenoxy) is 1. The predicted molar refractivity (Wildman–Crippen MR) is 76.1 cm³/mol. The SMILES string of the molecule is O=C(COc1ccccc1F)NC1CCC2NNCC2C1. The van der Waals surface area contributed by atoms with Crippen molar-refractivity contribution in [3.05, 3.63) is 30.1 Å². The van der Waals surface area contributed by atoms with Crippen LogP contribution in [0.15, 0.2) is 24.3 Å². The van der Waals surface area contributed by atoms with Gasteiger partial charge in [0.15, 0.2) is 18.2 Å². The molecule has 6 heteroatoms. The summed E-state index contributed by atoms with van der Waals surface area (Å²) in [5.41, 5.74) is 6.42. The molecule has 0 radical (unpaired) electrons. The van der Waals surface area contributed by atoms with E-state index in [4.69, 9.17) is 4.74 Å². The van der Waals surface area contributed by atoms with Gasteiger partial charge in [-0.15, -0.1) is 0 Å². The summed E-state index contributed by atoms with van der Waals surface area (Å²) in [5, 5.41) is 2.98. The second kappa shape index (κ2) is 6.41. The van der Waals surface area contributed by atoms with E-state index in [-0.39, 0.29) is 24.3 Å². The first-order valence-corrected chi connectivity index (χ1v) is 7.37. The third-order valence-corrected chi connectivity index (χ3v) is 4.19. The molecular formula is C15H20FN3O2. The molecule has 3 N–H and O–H groups in total. The second-order valence-electron chi connectivity index (χ2n) is 5.69. The Morgan fingerprint density at radius 1 is 1.38 bits per heavy atom. The van der Waals surface area contributed by atoms with Crippen molar-refractivity contribution in [1.29, 1.82) is 0 Å². The maximum absolute atomic E-state index is 13.4. The van der Waals surface area contributed by atoms with Gasteiger partial charge in [-0.25, -0.2) is 4.39 Å². The highest BCUT2D eigenvalue weighted by atomic mass is 19.1. The maximum atomic E-state index is 13.4. The zero-order chi connectivity index (χ0) is 14.7. The number of rotatable bonds is 4. The van der Waals surface area contributed by atoms with Crippen LogP contribution in [0.1, 0.15) is 19.3 Å². The quantitative estimate of drug-likeness (QED) is 0.774. The van der Waals surface area contributed by atoms with E-state index in [0.29, 0.717) is 12.0 Å². The predicted octanol–water partition coefficient (Wildman–Crippen LogP) is 0.966. The van der Waals surface area contributed by atoms with Crippen LogP contribution < -0.4 is 20.9 Å². The van der Waals surface area contributed by atoms with E-state index >= 15 is 0 Å². The monoisotopic (exact) mass is 293 g/mol. The highest BCUT2D eigenvalue weighted by Gasteiger charge is 2.34. The minimum atomic E-state index is -0.450. The molecule has 3 rings (SSSR count). The zero-order valence-corrected chi connectivity index (χ0v) is 11.8. The molecule has 0 aromatic heterocycles. The molecule has 2 aliphatic rings. The summed E-state index contributed by atoms with van der Waals surface area (Å²) >= 11 is 0. The number of carbonyl (C=O) groups excluding carboxylic acids is 1. The Kier molecular flexibility index (Phi) is 4.36. The molecule has 1 amide bonds. The van der Waals surface area contributed by atoms with Gasteiger partial charge >= 0.3 is 0 Å². The molecule has 1 aromatic carbocycles. The fraction of sp³-hybridized carbons (Fsp3) is 0.533. The molecule has 1 aromatic rings. The van der Waals surface area contributed by atoms with E-state index in [1.54, 1.807) is 12.1 Å². The molecule has 1 saturated carbocycles. The number of hydrazine groups is 1. The van der Waals surface area contributed by atoms with E-state index in [9.17, 15) is 9.18 Å². The van der Waals surface area contributed by atoms with Crippen molar-refractivity contribution >= 4 is 5.91 Å². The minimum absolute atomic E-state index is 0.112. The maximum Gasteiger partial charge on any atom is 0.258 e. The Bertz CT molecular complexity index is 511. The average Bonchev–Trinajstić information content (AvgIpc) is 2.94.